The molecule has 0 N–H and O–H groups in total. The van der Waals surface area contributed by atoms with E-state index in [2.05, 4.69) is 234 Å². The number of para-hydroxylation sites is 1. The zero-order chi connectivity index (χ0) is 42.5. The molecule has 2 aliphatic carbocycles. The summed E-state index contributed by atoms with van der Waals surface area (Å²) in [5.41, 5.74) is 20.3. The average molecular weight is 801 g/mol. The maximum absolute atomic E-state index is 2.54. The van der Waals surface area contributed by atoms with Crippen molar-refractivity contribution in [2.24, 2.45) is 0 Å². The number of hydrogen-bond donors (Lipinski definition) is 0. The van der Waals surface area contributed by atoms with Crippen LogP contribution in [-0.2, 0) is 21.7 Å². The van der Waals surface area contributed by atoms with Crippen LogP contribution in [-0.4, -0.2) is 9.13 Å². The van der Waals surface area contributed by atoms with Crippen molar-refractivity contribution >= 4 is 43.6 Å². The fraction of sp³-hybridized carbons (Fsp3) is 0.200. The van der Waals surface area contributed by atoms with Gasteiger partial charge in [0.25, 0.3) is 0 Å². The van der Waals surface area contributed by atoms with Crippen LogP contribution in [0.25, 0.3) is 66.1 Å². The highest BCUT2D eigenvalue weighted by Crippen LogP contribution is 2.62. The monoisotopic (exact) mass is 800 g/mol. The maximum Gasteiger partial charge on any atom is 0.0720 e. The predicted molar refractivity (Wildman–Crippen MR) is 262 cm³/mol. The first-order valence-electron chi connectivity index (χ1n) is 22.4. The number of nitrogens with zero attached hydrogens (tertiary/aromatic N) is 2. The van der Waals surface area contributed by atoms with Crippen LogP contribution in [0.4, 0.5) is 0 Å². The molecule has 62 heavy (non-hydrogen) atoms. The molecule has 2 aromatic heterocycles. The van der Waals surface area contributed by atoms with E-state index in [4.69, 9.17) is 0 Å². The van der Waals surface area contributed by atoms with E-state index < -0.39 is 5.41 Å². The molecular formula is C60H52N2. The van der Waals surface area contributed by atoms with Gasteiger partial charge in [-0.3, -0.25) is 0 Å². The van der Waals surface area contributed by atoms with Crippen LogP contribution in [0.1, 0.15) is 99.9 Å². The topological polar surface area (TPSA) is 9.86 Å². The molecule has 302 valence electrons. The van der Waals surface area contributed by atoms with Gasteiger partial charge < -0.3 is 9.13 Å². The van der Waals surface area contributed by atoms with Crippen molar-refractivity contribution in [2.75, 3.05) is 0 Å². The Bertz CT molecular complexity index is 3400. The van der Waals surface area contributed by atoms with Gasteiger partial charge in [-0.15, -0.1) is 0 Å². The molecule has 8 aromatic carbocycles. The van der Waals surface area contributed by atoms with Crippen molar-refractivity contribution < 1.29 is 0 Å². The lowest BCUT2D eigenvalue weighted by Gasteiger charge is -2.46. The summed E-state index contributed by atoms with van der Waals surface area (Å²) in [5.74, 6) is 0. The number of hydrogen-bond acceptors (Lipinski definition) is 0. The minimum atomic E-state index is -0.452. The van der Waals surface area contributed by atoms with Crippen molar-refractivity contribution in [3.63, 3.8) is 0 Å². The Morgan fingerprint density at radius 1 is 0.339 bits per heavy atom. The largest absolute Gasteiger partial charge is 0.309 e. The van der Waals surface area contributed by atoms with Crippen molar-refractivity contribution in [1.29, 1.82) is 0 Å². The molecule has 0 unspecified atom stereocenters. The Morgan fingerprint density at radius 2 is 0.758 bits per heavy atom. The van der Waals surface area contributed by atoms with Gasteiger partial charge >= 0.3 is 0 Å². The summed E-state index contributed by atoms with van der Waals surface area (Å²) in [6.07, 6.45) is 0. The molecular weight excluding hydrogens is 749 g/mol. The minimum Gasteiger partial charge on any atom is -0.309 e. The smallest absolute Gasteiger partial charge is 0.0720 e. The zero-order valence-corrected chi connectivity index (χ0v) is 37.1. The summed E-state index contributed by atoms with van der Waals surface area (Å²) < 4.78 is 5.01. The number of benzene rings is 8. The van der Waals surface area contributed by atoms with Gasteiger partial charge in [0, 0.05) is 38.3 Å². The van der Waals surface area contributed by atoms with E-state index in [0.717, 1.165) is 0 Å². The van der Waals surface area contributed by atoms with Crippen LogP contribution in [0.3, 0.4) is 0 Å². The third kappa shape index (κ3) is 4.87. The molecule has 12 rings (SSSR count). The molecule has 0 aliphatic heterocycles. The lowest BCUT2D eigenvalue weighted by Crippen LogP contribution is -2.40. The van der Waals surface area contributed by atoms with E-state index in [0.29, 0.717) is 0 Å². The second-order valence-electron chi connectivity index (χ2n) is 20.6. The van der Waals surface area contributed by atoms with E-state index in [1.165, 1.54) is 111 Å². The van der Waals surface area contributed by atoms with Crippen LogP contribution < -0.4 is 0 Å². The SMILES string of the molecule is CC(C)(C)c1ccc2c(c1)c1cc(C(C)(C)C)ccc1n2-c1ccc2c(c1)c1ccccc1n2-c1ccc2c(c1)C1(c3ccccc3-c3ccccc31)c1ccccc1C2(C)C. The normalized spacial score (nSPS) is 15.0. The lowest BCUT2D eigenvalue weighted by atomic mass is 9.55. The Balaban J connectivity index is 1.12. The molecule has 2 aliphatic rings. The highest BCUT2D eigenvalue weighted by Gasteiger charge is 2.53. The van der Waals surface area contributed by atoms with E-state index in [1.54, 1.807) is 0 Å². The molecule has 0 amide bonds. The standard InChI is InChI=1S/C60H52N2/c1-57(2,3)37-25-30-54-44(33-37)45-34-38(58(4,5)6)26-31-55(45)61(54)39-28-32-56-46(35-39)43-19-11-16-24-53(43)62(56)40-27-29-50-52(36-40)60(51-23-15-14-22-49(51)59(50,7)8)47-20-12-9-17-41(47)42-18-10-13-21-48(42)60/h9-36H,1-8H3. The number of fused-ring (bicyclic) bond motifs is 15. The molecule has 2 heterocycles. The quantitative estimate of drug-likeness (QED) is 0.165. The molecule has 2 heteroatoms. The molecule has 1 spiro atoms. The zero-order valence-electron chi connectivity index (χ0n) is 37.1. The summed E-state index contributed by atoms with van der Waals surface area (Å²) >= 11 is 0. The van der Waals surface area contributed by atoms with Crippen molar-refractivity contribution in [1.82, 2.24) is 9.13 Å². The van der Waals surface area contributed by atoms with Gasteiger partial charge in [-0.05, 0) is 127 Å². The summed E-state index contributed by atoms with van der Waals surface area (Å²) in [6.45, 7) is 18.7. The highest BCUT2D eigenvalue weighted by molar-refractivity contribution is 6.12. The van der Waals surface area contributed by atoms with Crippen molar-refractivity contribution in [3.05, 3.63) is 214 Å². The van der Waals surface area contributed by atoms with Gasteiger partial charge in [0.15, 0.2) is 0 Å². The number of rotatable bonds is 2. The fourth-order valence-corrected chi connectivity index (χ4v) is 11.6. The second-order valence-corrected chi connectivity index (χ2v) is 20.6. The molecule has 0 atom stereocenters. The van der Waals surface area contributed by atoms with E-state index in [-0.39, 0.29) is 16.2 Å². The van der Waals surface area contributed by atoms with Gasteiger partial charge in [-0.2, -0.15) is 0 Å². The van der Waals surface area contributed by atoms with Crippen LogP contribution >= 0.6 is 0 Å². The first-order chi connectivity index (χ1) is 29.8. The third-order valence-electron chi connectivity index (χ3n) is 14.7. The summed E-state index contributed by atoms with van der Waals surface area (Å²) in [5, 5.41) is 5.12. The maximum atomic E-state index is 2.54. The average Bonchev–Trinajstić information content (AvgIpc) is 3.89. The second kappa shape index (κ2) is 12.5. The Hall–Kier alpha value is -6.64. The summed E-state index contributed by atoms with van der Waals surface area (Å²) in [4.78, 5) is 0. The molecule has 10 aromatic rings. The number of aromatic nitrogens is 2. The van der Waals surface area contributed by atoms with Gasteiger partial charge in [0.1, 0.15) is 0 Å². The molecule has 2 nitrogen and oxygen atoms in total. The van der Waals surface area contributed by atoms with Crippen molar-refractivity contribution in [2.45, 2.75) is 77.0 Å². The van der Waals surface area contributed by atoms with Crippen LogP contribution in [0.2, 0.25) is 0 Å². The van der Waals surface area contributed by atoms with Gasteiger partial charge in [-0.25, -0.2) is 0 Å². The predicted octanol–water partition coefficient (Wildman–Crippen LogP) is 15.5. The fourth-order valence-electron chi connectivity index (χ4n) is 11.6. The Morgan fingerprint density at radius 3 is 1.34 bits per heavy atom. The van der Waals surface area contributed by atoms with Gasteiger partial charge in [-0.1, -0.05) is 165 Å². The molecule has 0 saturated carbocycles. The van der Waals surface area contributed by atoms with Crippen LogP contribution in [0.5, 0.6) is 0 Å². The van der Waals surface area contributed by atoms with Crippen molar-refractivity contribution in [3.8, 4) is 22.5 Å². The van der Waals surface area contributed by atoms with E-state index in [1.807, 2.05) is 0 Å². The Labute approximate surface area is 365 Å². The van der Waals surface area contributed by atoms with Crippen LogP contribution in [0, 0.1) is 0 Å². The third-order valence-corrected chi connectivity index (χ3v) is 14.7. The van der Waals surface area contributed by atoms with E-state index >= 15 is 0 Å². The van der Waals surface area contributed by atoms with Crippen LogP contribution in [0.15, 0.2) is 170 Å². The first kappa shape index (κ1) is 37.1. The molecule has 0 fully saturated rings. The summed E-state index contributed by atoms with van der Waals surface area (Å²) in [7, 11) is 0. The molecule has 0 saturated heterocycles. The lowest BCUT2D eigenvalue weighted by molar-refractivity contribution is 0.563. The first-order valence-corrected chi connectivity index (χ1v) is 22.4. The van der Waals surface area contributed by atoms with E-state index in [9.17, 15) is 0 Å². The van der Waals surface area contributed by atoms with Gasteiger partial charge in [0.05, 0.1) is 27.5 Å². The van der Waals surface area contributed by atoms with Gasteiger partial charge in [0.2, 0.25) is 0 Å². The minimum absolute atomic E-state index is 0.0466. The molecule has 0 bridgehead atoms. The Kier molecular flexibility index (Phi) is 7.48. The highest BCUT2D eigenvalue weighted by atomic mass is 15.0. The molecule has 0 radical (unpaired) electrons. The summed E-state index contributed by atoms with van der Waals surface area (Å²) in [6, 6.07) is 65.2.